The van der Waals surface area contributed by atoms with Crippen LogP contribution in [0.3, 0.4) is 0 Å². The molecular weight excluding hydrogens is 578 g/mol. The van der Waals surface area contributed by atoms with Crippen molar-refractivity contribution in [2.45, 2.75) is 26.1 Å². The van der Waals surface area contributed by atoms with Crippen molar-refractivity contribution in [2.24, 2.45) is 0 Å². The van der Waals surface area contributed by atoms with Gasteiger partial charge in [0, 0.05) is 5.56 Å². The third-order valence-electron chi connectivity index (χ3n) is 6.65. The lowest BCUT2D eigenvalue weighted by atomic mass is 9.95. The minimum atomic E-state index is -0.979. The van der Waals surface area contributed by atoms with E-state index < -0.39 is 17.7 Å². The van der Waals surface area contributed by atoms with E-state index in [2.05, 4.69) is 15.9 Å². The zero-order valence-corrected chi connectivity index (χ0v) is 23.3. The molecule has 204 valence electrons. The van der Waals surface area contributed by atoms with Crippen molar-refractivity contribution in [3.05, 3.63) is 117 Å². The first-order chi connectivity index (χ1) is 19.3. The number of rotatable bonds is 8. The first-order valence-electron chi connectivity index (χ1n) is 12.4. The number of likely N-dealkylation sites (tertiary alicyclic amines) is 1. The summed E-state index contributed by atoms with van der Waals surface area (Å²) in [6.07, 6.45) is 1.48. The van der Waals surface area contributed by atoms with E-state index in [1.807, 2.05) is 31.2 Å². The molecule has 0 radical (unpaired) electrons. The summed E-state index contributed by atoms with van der Waals surface area (Å²) in [4.78, 5) is 27.9. The lowest BCUT2D eigenvalue weighted by Crippen LogP contribution is -2.29. The number of ketones is 1. The van der Waals surface area contributed by atoms with Crippen LogP contribution in [0.15, 0.2) is 93.5 Å². The number of carbonyl (C=O) groups is 2. The van der Waals surface area contributed by atoms with Crippen LogP contribution in [0.2, 0.25) is 0 Å². The normalized spacial score (nSPS) is 16.4. The Hall–Kier alpha value is -4.50. The van der Waals surface area contributed by atoms with E-state index in [0.29, 0.717) is 33.7 Å². The topological polar surface area (TPSA) is 109 Å². The second-order valence-electron chi connectivity index (χ2n) is 9.36. The summed E-state index contributed by atoms with van der Waals surface area (Å²) in [5.74, 6) is -0.898. The number of ether oxygens (including phenoxy) is 2. The van der Waals surface area contributed by atoms with Crippen LogP contribution in [-0.2, 0) is 22.7 Å². The van der Waals surface area contributed by atoms with Crippen LogP contribution in [0.25, 0.3) is 5.76 Å². The molecule has 4 aromatic rings. The number of methoxy groups -OCH3 is 1. The number of nitrogens with zero attached hydrogens (tertiary/aromatic N) is 1. The Labute approximate surface area is 239 Å². The number of benzene rings is 3. The van der Waals surface area contributed by atoms with Crippen molar-refractivity contribution in [3.8, 4) is 17.2 Å². The smallest absolute Gasteiger partial charge is 0.296 e. The van der Waals surface area contributed by atoms with Gasteiger partial charge in [-0.05, 0) is 82.5 Å². The van der Waals surface area contributed by atoms with Gasteiger partial charge in [0.2, 0.25) is 0 Å². The monoisotopic (exact) mass is 603 g/mol. The van der Waals surface area contributed by atoms with Gasteiger partial charge in [-0.2, -0.15) is 0 Å². The van der Waals surface area contributed by atoms with E-state index >= 15 is 0 Å². The molecule has 1 aliphatic heterocycles. The van der Waals surface area contributed by atoms with Gasteiger partial charge in [0.25, 0.3) is 11.7 Å². The van der Waals surface area contributed by atoms with E-state index in [4.69, 9.17) is 13.9 Å². The highest BCUT2D eigenvalue weighted by Gasteiger charge is 2.46. The van der Waals surface area contributed by atoms with Gasteiger partial charge in [-0.3, -0.25) is 9.59 Å². The van der Waals surface area contributed by atoms with Crippen molar-refractivity contribution in [1.82, 2.24) is 4.90 Å². The molecule has 0 spiro atoms. The van der Waals surface area contributed by atoms with Gasteiger partial charge in [0.05, 0.1) is 36.0 Å². The lowest BCUT2D eigenvalue weighted by molar-refractivity contribution is -0.140. The maximum absolute atomic E-state index is 13.3. The molecule has 5 rings (SSSR count). The summed E-state index contributed by atoms with van der Waals surface area (Å²) in [5, 5.41) is 21.7. The summed E-state index contributed by atoms with van der Waals surface area (Å²) in [6.45, 7) is 2.38. The zero-order chi connectivity index (χ0) is 28.4. The van der Waals surface area contributed by atoms with Crippen molar-refractivity contribution in [1.29, 1.82) is 0 Å². The molecule has 0 aliphatic carbocycles. The molecule has 40 heavy (non-hydrogen) atoms. The molecule has 2 heterocycles. The molecule has 2 N–H and O–H groups in total. The Balaban J connectivity index is 1.52. The fraction of sp³-hybridized carbons (Fsp3) is 0.161. The number of hydrogen-bond acceptors (Lipinski definition) is 7. The number of aliphatic hydroxyl groups excluding tert-OH is 1. The predicted octanol–water partition coefficient (Wildman–Crippen LogP) is 6.27. The number of aromatic hydroxyl groups is 1. The van der Waals surface area contributed by atoms with E-state index in [1.54, 1.807) is 42.5 Å². The predicted molar refractivity (Wildman–Crippen MR) is 151 cm³/mol. The number of phenols is 1. The molecule has 1 atom stereocenters. The molecule has 1 fully saturated rings. The second-order valence-corrected chi connectivity index (χ2v) is 10.2. The average molecular weight is 604 g/mol. The van der Waals surface area contributed by atoms with E-state index in [0.717, 1.165) is 11.1 Å². The molecule has 1 aliphatic rings. The molecule has 1 saturated heterocycles. The molecule has 0 saturated carbocycles. The Morgan fingerprint density at radius 3 is 2.50 bits per heavy atom. The molecule has 8 nitrogen and oxygen atoms in total. The van der Waals surface area contributed by atoms with E-state index in [1.165, 1.54) is 24.3 Å². The fourth-order valence-electron chi connectivity index (χ4n) is 4.70. The van der Waals surface area contributed by atoms with Crippen LogP contribution in [0.1, 0.15) is 34.1 Å². The number of hydrogen-bond donors (Lipinski definition) is 2. The van der Waals surface area contributed by atoms with Crippen molar-refractivity contribution in [3.63, 3.8) is 0 Å². The Bertz CT molecular complexity index is 1590. The largest absolute Gasteiger partial charge is 0.507 e. The Morgan fingerprint density at radius 1 is 1.05 bits per heavy atom. The van der Waals surface area contributed by atoms with Crippen LogP contribution >= 0.6 is 15.9 Å². The van der Waals surface area contributed by atoms with Crippen LogP contribution in [0.5, 0.6) is 17.2 Å². The van der Waals surface area contributed by atoms with Crippen molar-refractivity contribution >= 4 is 33.4 Å². The number of aryl methyl sites for hydroxylation is 1. The highest BCUT2D eigenvalue weighted by Crippen LogP contribution is 2.45. The Morgan fingerprint density at radius 2 is 1.82 bits per heavy atom. The number of halogens is 1. The van der Waals surface area contributed by atoms with Crippen molar-refractivity contribution in [2.75, 3.05) is 7.11 Å². The molecule has 3 aromatic carbocycles. The molecular formula is C31H26BrNO7. The average Bonchev–Trinajstić information content (AvgIpc) is 3.56. The van der Waals surface area contributed by atoms with Gasteiger partial charge in [0.15, 0.2) is 11.5 Å². The molecule has 1 amide bonds. The molecule has 9 heteroatoms. The van der Waals surface area contributed by atoms with Gasteiger partial charge in [-0.1, -0.05) is 29.8 Å². The minimum Gasteiger partial charge on any atom is -0.507 e. The van der Waals surface area contributed by atoms with E-state index in [-0.39, 0.29) is 29.4 Å². The van der Waals surface area contributed by atoms with Crippen molar-refractivity contribution < 1.29 is 33.7 Å². The third kappa shape index (κ3) is 5.33. The second kappa shape index (κ2) is 11.3. The summed E-state index contributed by atoms with van der Waals surface area (Å²) in [7, 11) is 1.40. The molecule has 1 unspecified atom stereocenters. The maximum atomic E-state index is 13.3. The van der Waals surface area contributed by atoms with Crippen LogP contribution in [-0.4, -0.2) is 33.9 Å². The highest BCUT2D eigenvalue weighted by molar-refractivity contribution is 9.10. The Kier molecular flexibility index (Phi) is 7.66. The van der Waals surface area contributed by atoms with E-state index in [9.17, 15) is 19.8 Å². The number of furan rings is 1. The number of Topliss-reactive ketones (excluding diaryl/α,β-unsaturated/α-hetero) is 1. The molecule has 1 aromatic heterocycles. The first kappa shape index (κ1) is 27.1. The molecule has 0 bridgehead atoms. The third-order valence-corrected chi connectivity index (χ3v) is 7.25. The first-order valence-corrected chi connectivity index (χ1v) is 13.2. The number of amides is 1. The van der Waals surface area contributed by atoms with Gasteiger partial charge < -0.3 is 29.0 Å². The fourth-order valence-corrected chi connectivity index (χ4v) is 5.16. The summed E-state index contributed by atoms with van der Waals surface area (Å²) < 4.78 is 16.9. The minimum absolute atomic E-state index is 0.00836. The lowest BCUT2D eigenvalue weighted by Gasteiger charge is -2.25. The van der Waals surface area contributed by atoms with Crippen LogP contribution in [0.4, 0.5) is 0 Å². The number of aliphatic hydroxyl groups is 1. The summed E-state index contributed by atoms with van der Waals surface area (Å²) >= 11 is 3.31. The SMILES string of the molecule is COc1cc(C2/C(=C(\O)c3ccc(OCc4cccc(C)c4)cc3)C(=O)C(=O)N2Cc2ccco2)cc(Br)c1O. The van der Waals surface area contributed by atoms with Crippen LogP contribution in [0, 0.1) is 6.92 Å². The number of phenolic OH excluding ortho intramolecular Hbond substituents is 1. The van der Waals surface area contributed by atoms with Gasteiger partial charge in [-0.15, -0.1) is 0 Å². The van der Waals surface area contributed by atoms with Gasteiger partial charge >= 0.3 is 0 Å². The van der Waals surface area contributed by atoms with Gasteiger partial charge in [-0.25, -0.2) is 0 Å². The van der Waals surface area contributed by atoms with Crippen LogP contribution < -0.4 is 9.47 Å². The summed E-state index contributed by atoms with van der Waals surface area (Å²) in [5.41, 5.74) is 2.86. The quantitative estimate of drug-likeness (QED) is 0.139. The summed E-state index contributed by atoms with van der Waals surface area (Å²) in [6, 6.07) is 20.2. The zero-order valence-electron chi connectivity index (χ0n) is 21.8. The number of carbonyl (C=O) groups excluding carboxylic acids is 2. The highest BCUT2D eigenvalue weighted by atomic mass is 79.9. The standard InChI is InChI=1S/C31H26BrNO7/c1-18-5-3-6-19(13-18)17-40-22-10-8-20(9-11-22)28(34)26-27(21-14-24(32)29(35)25(15-21)38-2)33(31(37)30(26)36)16-23-7-4-12-39-23/h3-15,27,34-35H,16-17H2,1-2H3/b28-26+. The van der Waals surface area contributed by atoms with Gasteiger partial charge in [0.1, 0.15) is 23.9 Å². The maximum Gasteiger partial charge on any atom is 0.296 e.